The van der Waals surface area contributed by atoms with Crippen LogP contribution in [0.1, 0.15) is 34.8 Å². The zero-order valence-electron chi connectivity index (χ0n) is 12.5. The van der Waals surface area contributed by atoms with Crippen molar-refractivity contribution in [2.75, 3.05) is 6.54 Å². The second kappa shape index (κ2) is 7.41. The van der Waals surface area contributed by atoms with E-state index in [1.807, 2.05) is 48.2 Å². The van der Waals surface area contributed by atoms with Gasteiger partial charge < -0.3 is 4.90 Å². The summed E-state index contributed by atoms with van der Waals surface area (Å²) in [5.74, 6) is 0.0765. The first-order valence-corrected chi connectivity index (χ1v) is 8.00. The number of hydrogen-bond acceptors (Lipinski definition) is 1. The average molecular weight is 346 g/mol. The maximum Gasteiger partial charge on any atom is 0.255 e. The number of carbonyl (C=O) groups excluding carboxylic acids is 1. The van der Waals surface area contributed by atoms with Crippen molar-refractivity contribution < 1.29 is 4.79 Å². The van der Waals surface area contributed by atoms with Crippen LogP contribution in [0, 0.1) is 6.92 Å². The molecule has 0 saturated carbocycles. The molecule has 0 saturated heterocycles. The molecule has 0 bridgehead atoms. The van der Waals surface area contributed by atoms with Gasteiger partial charge in [0.1, 0.15) is 0 Å². The summed E-state index contributed by atoms with van der Waals surface area (Å²) in [5.41, 5.74) is 3.02. The van der Waals surface area contributed by atoms with E-state index in [4.69, 9.17) is 0 Å². The highest BCUT2D eigenvalue weighted by Gasteiger charge is 2.17. The molecule has 2 nitrogen and oxygen atoms in total. The second-order valence-electron chi connectivity index (χ2n) is 5.20. The average Bonchev–Trinajstić information content (AvgIpc) is 2.47. The number of carbonyl (C=O) groups is 1. The summed E-state index contributed by atoms with van der Waals surface area (Å²) < 4.78 is 0.863. The first-order valence-electron chi connectivity index (χ1n) is 7.21. The lowest BCUT2D eigenvalue weighted by molar-refractivity contribution is 0.0742. The van der Waals surface area contributed by atoms with Crippen molar-refractivity contribution in [3.63, 3.8) is 0 Å². The Balaban J connectivity index is 2.23. The van der Waals surface area contributed by atoms with Crippen molar-refractivity contribution in [3.8, 4) is 0 Å². The molecule has 0 atom stereocenters. The van der Waals surface area contributed by atoms with Gasteiger partial charge in [0.05, 0.1) is 5.56 Å². The van der Waals surface area contributed by atoms with Crippen molar-refractivity contribution in [1.82, 2.24) is 4.90 Å². The Labute approximate surface area is 134 Å². The molecule has 0 heterocycles. The number of benzene rings is 2. The molecular weight excluding hydrogens is 326 g/mol. The van der Waals surface area contributed by atoms with Gasteiger partial charge in [-0.25, -0.2) is 0 Å². The molecular formula is C18H20BrNO. The molecule has 21 heavy (non-hydrogen) atoms. The van der Waals surface area contributed by atoms with E-state index in [9.17, 15) is 4.79 Å². The van der Waals surface area contributed by atoms with Gasteiger partial charge in [-0.2, -0.15) is 0 Å². The number of amides is 1. The molecule has 2 aromatic rings. The van der Waals surface area contributed by atoms with Crippen LogP contribution >= 0.6 is 15.9 Å². The zero-order valence-corrected chi connectivity index (χ0v) is 14.1. The third-order valence-electron chi connectivity index (χ3n) is 3.35. The van der Waals surface area contributed by atoms with E-state index in [1.165, 1.54) is 0 Å². The lowest BCUT2D eigenvalue weighted by atomic mass is 10.1. The molecule has 0 radical (unpaired) electrons. The van der Waals surface area contributed by atoms with Gasteiger partial charge in [-0.15, -0.1) is 0 Å². The van der Waals surface area contributed by atoms with Crippen molar-refractivity contribution in [1.29, 1.82) is 0 Å². The molecule has 0 aliphatic heterocycles. The molecule has 2 aromatic carbocycles. The normalized spacial score (nSPS) is 10.4. The summed E-state index contributed by atoms with van der Waals surface area (Å²) >= 11 is 3.51. The van der Waals surface area contributed by atoms with Gasteiger partial charge in [-0.3, -0.25) is 4.79 Å². The molecule has 0 spiro atoms. The van der Waals surface area contributed by atoms with Crippen LogP contribution in [-0.2, 0) is 6.54 Å². The highest BCUT2D eigenvalue weighted by Crippen LogP contribution is 2.21. The third kappa shape index (κ3) is 4.18. The van der Waals surface area contributed by atoms with Gasteiger partial charge in [0, 0.05) is 17.6 Å². The fourth-order valence-corrected chi connectivity index (χ4v) is 2.95. The van der Waals surface area contributed by atoms with Gasteiger partial charge in [0.2, 0.25) is 0 Å². The highest BCUT2D eigenvalue weighted by molar-refractivity contribution is 9.10. The number of aryl methyl sites for hydroxylation is 1. The third-order valence-corrected chi connectivity index (χ3v) is 4.01. The summed E-state index contributed by atoms with van der Waals surface area (Å²) in [6.45, 7) is 5.52. The van der Waals surface area contributed by atoms with Crippen LogP contribution in [0.2, 0.25) is 0 Å². The van der Waals surface area contributed by atoms with Crippen molar-refractivity contribution in [3.05, 3.63) is 69.7 Å². The molecule has 2 rings (SSSR count). The fourth-order valence-electron chi connectivity index (χ4n) is 2.29. The molecule has 0 aliphatic rings. The van der Waals surface area contributed by atoms with E-state index in [-0.39, 0.29) is 5.91 Å². The minimum Gasteiger partial charge on any atom is -0.334 e. The van der Waals surface area contributed by atoms with Gasteiger partial charge in [-0.1, -0.05) is 43.3 Å². The van der Waals surface area contributed by atoms with E-state index in [0.29, 0.717) is 6.54 Å². The Bertz CT molecular complexity index is 610. The predicted octanol–water partition coefficient (Wildman–Crippen LogP) is 4.81. The van der Waals surface area contributed by atoms with Gasteiger partial charge >= 0.3 is 0 Å². The minimum absolute atomic E-state index is 0.0765. The minimum atomic E-state index is 0.0765. The summed E-state index contributed by atoms with van der Waals surface area (Å²) in [6.07, 6.45) is 0.946. The maximum absolute atomic E-state index is 12.8. The van der Waals surface area contributed by atoms with Crippen molar-refractivity contribution >= 4 is 21.8 Å². The Morgan fingerprint density at radius 3 is 2.48 bits per heavy atom. The Morgan fingerprint density at radius 2 is 1.86 bits per heavy atom. The molecule has 0 aliphatic carbocycles. The van der Waals surface area contributed by atoms with Crippen LogP contribution in [0.5, 0.6) is 0 Å². The topological polar surface area (TPSA) is 20.3 Å². The number of rotatable bonds is 5. The largest absolute Gasteiger partial charge is 0.334 e. The molecule has 110 valence electrons. The van der Waals surface area contributed by atoms with E-state index >= 15 is 0 Å². The lowest BCUT2D eigenvalue weighted by Gasteiger charge is -2.23. The van der Waals surface area contributed by atoms with Gasteiger partial charge in [0.15, 0.2) is 0 Å². The number of halogens is 1. The monoisotopic (exact) mass is 345 g/mol. The van der Waals surface area contributed by atoms with Crippen LogP contribution in [0.15, 0.2) is 53.0 Å². The standard InChI is InChI=1S/C18H20BrNO/c1-3-11-20(13-15-7-5-4-6-8-15)18(21)16-10-9-14(2)12-17(16)19/h4-10,12H,3,11,13H2,1-2H3. The van der Waals surface area contributed by atoms with E-state index in [1.54, 1.807) is 0 Å². The maximum atomic E-state index is 12.8. The molecule has 1 amide bonds. The van der Waals surface area contributed by atoms with Crippen LogP contribution in [0.3, 0.4) is 0 Å². The molecule has 3 heteroatoms. The van der Waals surface area contributed by atoms with Gasteiger partial charge in [0.25, 0.3) is 5.91 Å². The van der Waals surface area contributed by atoms with E-state index < -0.39 is 0 Å². The quantitative estimate of drug-likeness (QED) is 0.761. The summed E-state index contributed by atoms with van der Waals surface area (Å²) in [5, 5.41) is 0. The Hall–Kier alpha value is -1.61. The van der Waals surface area contributed by atoms with Crippen LogP contribution in [0.4, 0.5) is 0 Å². The first kappa shape index (κ1) is 15.8. The highest BCUT2D eigenvalue weighted by atomic mass is 79.9. The van der Waals surface area contributed by atoms with E-state index in [2.05, 4.69) is 35.0 Å². The van der Waals surface area contributed by atoms with Gasteiger partial charge in [-0.05, 0) is 52.5 Å². The number of nitrogens with zero attached hydrogens (tertiary/aromatic N) is 1. The van der Waals surface area contributed by atoms with Crippen LogP contribution in [0.25, 0.3) is 0 Å². The molecule has 0 N–H and O–H groups in total. The summed E-state index contributed by atoms with van der Waals surface area (Å²) in [7, 11) is 0. The summed E-state index contributed by atoms with van der Waals surface area (Å²) in [6, 6.07) is 16.0. The molecule has 0 aromatic heterocycles. The smallest absolute Gasteiger partial charge is 0.255 e. The summed E-state index contributed by atoms with van der Waals surface area (Å²) in [4.78, 5) is 14.7. The molecule has 0 unspecified atom stereocenters. The predicted molar refractivity (Wildman–Crippen MR) is 90.4 cm³/mol. The lowest BCUT2D eigenvalue weighted by Crippen LogP contribution is -2.31. The number of hydrogen-bond donors (Lipinski definition) is 0. The Morgan fingerprint density at radius 1 is 1.14 bits per heavy atom. The second-order valence-corrected chi connectivity index (χ2v) is 6.05. The molecule has 0 fully saturated rings. The van der Waals surface area contributed by atoms with Crippen molar-refractivity contribution in [2.45, 2.75) is 26.8 Å². The van der Waals surface area contributed by atoms with Crippen LogP contribution < -0.4 is 0 Å². The SMILES string of the molecule is CCCN(Cc1ccccc1)C(=O)c1ccc(C)cc1Br. The Kier molecular flexibility index (Phi) is 5.57. The van der Waals surface area contributed by atoms with Crippen LogP contribution in [-0.4, -0.2) is 17.4 Å². The zero-order chi connectivity index (χ0) is 15.2. The first-order chi connectivity index (χ1) is 10.1. The fraction of sp³-hybridized carbons (Fsp3) is 0.278. The van der Waals surface area contributed by atoms with E-state index in [0.717, 1.165) is 34.1 Å². The van der Waals surface area contributed by atoms with Crippen molar-refractivity contribution in [2.24, 2.45) is 0 Å².